The number of carbonyl (C=O) groups is 3. The van der Waals surface area contributed by atoms with Crippen LogP contribution >= 0.6 is 0 Å². The molecule has 2 unspecified atom stereocenters. The molecule has 0 radical (unpaired) electrons. The van der Waals surface area contributed by atoms with E-state index in [1.807, 2.05) is 0 Å². The molecule has 304 valence electrons. The first-order valence-electron chi connectivity index (χ1n) is 22.2. The summed E-state index contributed by atoms with van der Waals surface area (Å²) < 4.78 is 5.95. The highest BCUT2D eigenvalue weighted by molar-refractivity contribution is 5.83. The van der Waals surface area contributed by atoms with Crippen LogP contribution in [0.25, 0.3) is 0 Å². The standard InChI is InChI=1S/C45H84N2O5/c1-3-5-7-9-11-13-14-15-16-17-18-19-21-23-29-33-39-44(49)52-41(35-30-26-22-20-12-10-8-6-4-2)36-31-27-24-25-28-32-38-43(48)47-42(45(50)51)37-34-40-46/h20,22,30,35,41-42H,3-19,21,23-29,31-34,36-40,46H2,1-2H3,(H,47,48)(H,50,51)/b22-20-,35-30-. The van der Waals surface area contributed by atoms with E-state index in [9.17, 15) is 19.5 Å². The molecule has 52 heavy (non-hydrogen) atoms. The number of esters is 1. The van der Waals surface area contributed by atoms with Crippen molar-refractivity contribution in [3.63, 3.8) is 0 Å². The zero-order valence-corrected chi connectivity index (χ0v) is 34.2. The van der Waals surface area contributed by atoms with Crippen LogP contribution in [0, 0.1) is 0 Å². The van der Waals surface area contributed by atoms with Gasteiger partial charge in [0.25, 0.3) is 0 Å². The highest BCUT2D eigenvalue weighted by Crippen LogP contribution is 2.16. The first kappa shape index (κ1) is 49.9. The number of carbonyl (C=O) groups excluding carboxylic acids is 2. The van der Waals surface area contributed by atoms with Crippen molar-refractivity contribution in [1.82, 2.24) is 5.32 Å². The number of carboxylic acid groups (broad SMARTS) is 1. The van der Waals surface area contributed by atoms with E-state index in [-0.39, 0.29) is 18.0 Å². The fraction of sp³-hybridized carbons (Fsp3) is 0.844. The van der Waals surface area contributed by atoms with E-state index < -0.39 is 12.0 Å². The van der Waals surface area contributed by atoms with Crippen molar-refractivity contribution in [3.8, 4) is 0 Å². The fourth-order valence-electron chi connectivity index (χ4n) is 6.64. The Balaban J connectivity index is 4.25. The van der Waals surface area contributed by atoms with Gasteiger partial charge in [0.15, 0.2) is 0 Å². The van der Waals surface area contributed by atoms with Crippen molar-refractivity contribution in [2.24, 2.45) is 5.73 Å². The Morgan fingerprint density at radius 3 is 1.58 bits per heavy atom. The van der Waals surface area contributed by atoms with Crippen molar-refractivity contribution in [1.29, 1.82) is 0 Å². The molecule has 2 atom stereocenters. The second-order valence-corrected chi connectivity index (χ2v) is 15.1. The van der Waals surface area contributed by atoms with E-state index in [1.165, 1.54) is 116 Å². The molecular weight excluding hydrogens is 649 g/mol. The molecule has 1 amide bonds. The van der Waals surface area contributed by atoms with Gasteiger partial charge in [-0.1, -0.05) is 173 Å². The summed E-state index contributed by atoms with van der Waals surface area (Å²) in [6.45, 7) is 4.93. The zero-order chi connectivity index (χ0) is 38.2. The Hall–Kier alpha value is -2.15. The molecule has 0 saturated carbocycles. The van der Waals surface area contributed by atoms with Gasteiger partial charge in [0.05, 0.1) is 0 Å². The van der Waals surface area contributed by atoms with E-state index in [0.717, 1.165) is 70.6 Å². The monoisotopic (exact) mass is 733 g/mol. The van der Waals surface area contributed by atoms with Gasteiger partial charge in [-0.2, -0.15) is 0 Å². The molecule has 0 heterocycles. The first-order valence-corrected chi connectivity index (χ1v) is 22.2. The van der Waals surface area contributed by atoms with Crippen molar-refractivity contribution in [3.05, 3.63) is 24.3 Å². The minimum atomic E-state index is -1.00. The largest absolute Gasteiger partial charge is 0.480 e. The summed E-state index contributed by atoms with van der Waals surface area (Å²) in [4.78, 5) is 36.2. The lowest BCUT2D eigenvalue weighted by molar-refractivity contribution is -0.147. The van der Waals surface area contributed by atoms with Crippen molar-refractivity contribution >= 4 is 17.8 Å². The van der Waals surface area contributed by atoms with Crippen LogP contribution in [-0.2, 0) is 19.1 Å². The Bertz CT molecular complexity index is 874. The molecule has 0 aliphatic rings. The number of nitrogens with two attached hydrogens (primary N) is 1. The lowest BCUT2D eigenvalue weighted by atomic mass is 10.0. The van der Waals surface area contributed by atoms with Crippen LogP contribution in [0.2, 0.25) is 0 Å². The van der Waals surface area contributed by atoms with Gasteiger partial charge in [-0.3, -0.25) is 9.59 Å². The predicted octanol–water partition coefficient (Wildman–Crippen LogP) is 12.5. The smallest absolute Gasteiger partial charge is 0.326 e. The molecular formula is C45H84N2O5. The van der Waals surface area contributed by atoms with Gasteiger partial charge in [-0.15, -0.1) is 0 Å². The first-order chi connectivity index (χ1) is 25.4. The van der Waals surface area contributed by atoms with Gasteiger partial charge < -0.3 is 20.9 Å². The van der Waals surface area contributed by atoms with Crippen molar-refractivity contribution < 1.29 is 24.2 Å². The van der Waals surface area contributed by atoms with Crippen LogP contribution in [0.15, 0.2) is 24.3 Å². The third-order valence-corrected chi connectivity index (χ3v) is 10.0. The average Bonchev–Trinajstić information content (AvgIpc) is 3.13. The van der Waals surface area contributed by atoms with Crippen LogP contribution in [0.3, 0.4) is 0 Å². The van der Waals surface area contributed by atoms with Crippen LogP contribution in [0.5, 0.6) is 0 Å². The van der Waals surface area contributed by atoms with Gasteiger partial charge >= 0.3 is 11.9 Å². The number of ether oxygens (including phenoxy) is 1. The highest BCUT2D eigenvalue weighted by Gasteiger charge is 2.18. The SMILES string of the molecule is CCCCCC/C=C\C/C=C\C(CCCCCCCCC(=O)NC(CCCN)C(=O)O)OC(=O)CCCCCCCCCCCCCCCCCC. The Morgan fingerprint density at radius 2 is 1.06 bits per heavy atom. The molecule has 0 rings (SSSR count). The molecule has 0 aromatic carbocycles. The van der Waals surface area contributed by atoms with Gasteiger partial charge in [0.1, 0.15) is 12.1 Å². The predicted molar refractivity (Wildman–Crippen MR) is 220 cm³/mol. The molecule has 0 aromatic rings. The fourth-order valence-corrected chi connectivity index (χ4v) is 6.64. The second-order valence-electron chi connectivity index (χ2n) is 15.1. The number of rotatable bonds is 40. The number of amides is 1. The van der Waals surface area contributed by atoms with Crippen LogP contribution in [-0.4, -0.2) is 41.6 Å². The van der Waals surface area contributed by atoms with E-state index in [4.69, 9.17) is 10.5 Å². The van der Waals surface area contributed by atoms with Gasteiger partial charge in [0, 0.05) is 12.8 Å². The summed E-state index contributed by atoms with van der Waals surface area (Å²) in [5, 5.41) is 11.9. The molecule has 7 heteroatoms. The summed E-state index contributed by atoms with van der Waals surface area (Å²) >= 11 is 0. The second kappa shape index (κ2) is 40.0. The maximum absolute atomic E-state index is 12.7. The summed E-state index contributed by atoms with van der Waals surface area (Å²) in [6, 6.07) is -0.854. The maximum Gasteiger partial charge on any atom is 0.326 e. The minimum absolute atomic E-state index is 0.0714. The van der Waals surface area contributed by atoms with Gasteiger partial charge in [0.2, 0.25) is 5.91 Å². The minimum Gasteiger partial charge on any atom is -0.480 e. The van der Waals surface area contributed by atoms with Crippen LogP contribution in [0.4, 0.5) is 0 Å². The summed E-state index contributed by atoms with van der Waals surface area (Å²) in [5.74, 6) is -1.28. The molecule has 0 saturated heterocycles. The van der Waals surface area contributed by atoms with Crippen molar-refractivity contribution in [2.75, 3.05) is 6.54 Å². The number of carboxylic acids is 1. The number of nitrogens with one attached hydrogen (secondary N) is 1. The summed E-state index contributed by atoms with van der Waals surface area (Å²) in [5.41, 5.74) is 5.47. The molecule has 4 N–H and O–H groups in total. The third-order valence-electron chi connectivity index (χ3n) is 10.0. The zero-order valence-electron chi connectivity index (χ0n) is 34.2. The molecule has 0 fully saturated rings. The van der Waals surface area contributed by atoms with E-state index in [2.05, 4.69) is 43.5 Å². The molecule has 0 spiro atoms. The van der Waals surface area contributed by atoms with Crippen molar-refractivity contribution in [2.45, 2.75) is 238 Å². The van der Waals surface area contributed by atoms with E-state index in [0.29, 0.717) is 32.2 Å². The molecule has 0 bridgehead atoms. The maximum atomic E-state index is 12.7. The molecule has 0 aromatic heterocycles. The lowest BCUT2D eigenvalue weighted by Crippen LogP contribution is -2.40. The lowest BCUT2D eigenvalue weighted by Gasteiger charge is -2.15. The van der Waals surface area contributed by atoms with Crippen LogP contribution < -0.4 is 11.1 Å². The quantitative estimate of drug-likeness (QED) is 0.0328. The Labute approximate surface area is 321 Å². The number of hydrogen-bond donors (Lipinski definition) is 3. The molecule has 7 nitrogen and oxygen atoms in total. The average molecular weight is 733 g/mol. The summed E-state index contributed by atoms with van der Waals surface area (Å²) in [7, 11) is 0. The van der Waals surface area contributed by atoms with Gasteiger partial charge in [-0.25, -0.2) is 4.79 Å². The molecule has 0 aliphatic carbocycles. The summed E-state index contributed by atoms with van der Waals surface area (Å²) in [6.07, 6.45) is 45.3. The van der Waals surface area contributed by atoms with Crippen LogP contribution in [0.1, 0.15) is 226 Å². The Morgan fingerprint density at radius 1 is 0.577 bits per heavy atom. The Kier molecular flexibility index (Phi) is 38.4. The topological polar surface area (TPSA) is 119 Å². The number of hydrogen-bond acceptors (Lipinski definition) is 5. The molecule has 0 aliphatic heterocycles. The number of aliphatic carboxylic acids is 1. The van der Waals surface area contributed by atoms with E-state index in [1.54, 1.807) is 0 Å². The number of allylic oxidation sites excluding steroid dienone is 3. The normalized spacial score (nSPS) is 12.8. The third kappa shape index (κ3) is 36.2. The number of unbranched alkanes of at least 4 members (excludes halogenated alkanes) is 24. The van der Waals surface area contributed by atoms with E-state index >= 15 is 0 Å². The van der Waals surface area contributed by atoms with Gasteiger partial charge in [-0.05, 0) is 70.4 Å². The highest BCUT2D eigenvalue weighted by atomic mass is 16.5.